The molecule has 25 heavy (non-hydrogen) atoms. The van der Waals surface area contributed by atoms with Crippen LogP contribution in [-0.4, -0.2) is 35.4 Å². The van der Waals surface area contributed by atoms with Gasteiger partial charge in [-0.25, -0.2) is 4.39 Å². The van der Waals surface area contributed by atoms with Gasteiger partial charge in [-0.15, -0.1) is 0 Å². The lowest BCUT2D eigenvalue weighted by Crippen LogP contribution is -2.42. The Morgan fingerprint density at radius 2 is 2.08 bits per heavy atom. The van der Waals surface area contributed by atoms with Crippen molar-refractivity contribution in [2.45, 2.75) is 13.0 Å². The molecule has 1 fully saturated rings. The average Bonchev–Trinajstić information content (AvgIpc) is 2.62. The molecule has 0 aromatic heterocycles. The van der Waals surface area contributed by atoms with Crippen molar-refractivity contribution >= 4 is 11.6 Å². The van der Waals surface area contributed by atoms with Gasteiger partial charge in [0.2, 0.25) is 0 Å². The Labute approximate surface area is 144 Å². The third kappa shape index (κ3) is 3.51. The Kier molecular flexibility index (Phi) is 4.76. The molecule has 6 nitrogen and oxygen atoms in total. The van der Waals surface area contributed by atoms with Crippen LogP contribution in [0.25, 0.3) is 0 Å². The molecule has 2 aromatic rings. The first kappa shape index (κ1) is 17.0. The third-order valence-electron chi connectivity index (χ3n) is 4.27. The second-order valence-electron chi connectivity index (χ2n) is 5.89. The molecule has 0 bridgehead atoms. The number of halogens is 1. The Hall–Kier alpha value is -2.80. The maximum absolute atomic E-state index is 14.0. The maximum Gasteiger partial charge on any atom is 0.270 e. The summed E-state index contributed by atoms with van der Waals surface area (Å²) in [5.74, 6) is -0.695. The molecule has 2 aromatic carbocycles. The zero-order valence-corrected chi connectivity index (χ0v) is 13.6. The minimum absolute atomic E-state index is 0.132. The molecule has 0 radical (unpaired) electrons. The highest BCUT2D eigenvalue weighted by molar-refractivity contribution is 5.96. The third-order valence-corrected chi connectivity index (χ3v) is 4.27. The van der Waals surface area contributed by atoms with Crippen LogP contribution in [0.5, 0.6) is 0 Å². The van der Waals surface area contributed by atoms with Crippen molar-refractivity contribution in [1.29, 1.82) is 0 Å². The van der Waals surface area contributed by atoms with Crippen LogP contribution in [-0.2, 0) is 4.74 Å². The van der Waals surface area contributed by atoms with E-state index < -0.39 is 11.0 Å². The van der Waals surface area contributed by atoms with Gasteiger partial charge in [0.1, 0.15) is 11.9 Å². The number of carbonyl (C=O) groups is 1. The monoisotopic (exact) mass is 344 g/mol. The van der Waals surface area contributed by atoms with Crippen molar-refractivity contribution in [3.63, 3.8) is 0 Å². The van der Waals surface area contributed by atoms with Gasteiger partial charge in [-0.1, -0.05) is 24.3 Å². The summed E-state index contributed by atoms with van der Waals surface area (Å²) in [6.07, 6.45) is -0.557. The van der Waals surface area contributed by atoms with E-state index in [4.69, 9.17) is 4.74 Å². The number of amides is 1. The van der Waals surface area contributed by atoms with E-state index in [0.29, 0.717) is 17.7 Å². The molecule has 1 atom stereocenters. The summed E-state index contributed by atoms with van der Waals surface area (Å²) in [6, 6.07) is 10.5. The Balaban J connectivity index is 1.84. The highest BCUT2D eigenvalue weighted by atomic mass is 19.1. The van der Waals surface area contributed by atoms with Crippen LogP contribution < -0.4 is 0 Å². The van der Waals surface area contributed by atoms with Gasteiger partial charge in [0.05, 0.1) is 18.1 Å². The average molecular weight is 344 g/mol. The topological polar surface area (TPSA) is 72.7 Å². The van der Waals surface area contributed by atoms with Crippen molar-refractivity contribution in [3.05, 3.63) is 75.1 Å². The molecule has 3 rings (SSSR count). The van der Waals surface area contributed by atoms with E-state index in [1.54, 1.807) is 36.1 Å². The number of morpholine rings is 1. The molecule has 1 aliphatic rings. The number of aryl methyl sites for hydroxylation is 1. The Morgan fingerprint density at radius 3 is 2.80 bits per heavy atom. The number of carbonyl (C=O) groups excluding carboxylic acids is 1. The first-order valence-electron chi connectivity index (χ1n) is 7.87. The van der Waals surface area contributed by atoms with E-state index >= 15 is 0 Å². The first-order chi connectivity index (χ1) is 12.0. The van der Waals surface area contributed by atoms with Crippen molar-refractivity contribution in [2.75, 3.05) is 19.7 Å². The number of ether oxygens (including phenoxy) is 1. The highest BCUT2D eigenvalue weighted by Gasteiger charge is 2.29. The molecule has 130 valence electrons. The molecule has 1 amide bonds. The maximum atomic E-state index is 14.0. The van der Waals surface area contributed by atoms with E-state index in [9.17, 15) is 19.3 Å². The van der Waals surface area contributed by atoms with Crippen molar-refractivity contribution < 1.29 is 18.8 Å². The lowest BCUT2D eigenvalue weighted by molar-refractivity contribution is -0.384. The van der Waals surface area contributed by atoms with E-state index in [1.165, 1.54) is 18.2 Å². The highest BCUT2D eigenvalue weighted by Crippen LogP contribution is 2.26. The number of rotatable bonds is 3. The minimum atomic E-state index is -0.557. The fourth-order valence-corrected chi connectivity index (χ4v) is 2.88. The number of nitrogens with zero attached hydrogens (tertiary/aromatic N) is 2. The van der Waals surface area contributed by atoms with Crippen molar-refractivity contribution in [2.24, 2.45) is 0 Å². The van der Waals surface area contributed by atoms with Crippen LogP contribution in [0, 0.1) is 22.9 Å². The standard InChI is InChI=1S/C18H17FN2O4/c1-12-6-7-13(21(23)24)10-15(12)18(22)20-8-9-25-17(11-20)14-4-2-3-5-16(14)19/h2-7,10,17H,8-9,11H2,1H3/t17-/m1/s1. The lowest BCUT2D eigenvalue weighted by Gasteiger charge is -2.33. The summed E-state index contributed by atoms with van der Waals surface area (Å²) in [4.78, 5) is 24.8. The van der Waals surface area contributed by atoms with Crippen LogP contribution in [0.4, 0.5) is 10.1 Å². The number of benzene rings is 2. The summed E-state index contributed by atoms with van der Waals surface area (Å²) >= 11 is 0. The minimum Gasteiger partial charge on any atom is -0.370 e. The van der Waals surface area contributed by atoms with Gasteiger partial charge >= 0.3 is 0 Å². The van der Waals surface area contributed by atoms with Crippen molar-refractivity contribution in [1.82, 2.24) is 4.90 Å². The van der Waals surface area contributed by atoms with Crippen LogP contribution in [0.3, 0.4) is 0 Å². The smallest absolute Gasteiger partial charge is 0.270 e. The number of nitro groups is 1. The lowest BCUT2D eigenvalue weighted by atomic mass is 10.0. The van der Waals surface area contributed by atoms with Gasteiger partial charge in [-0.05, 0) is 18.6 Å². The zero-order valence-electron chi connectivity index (χ0n) is 13.6. The fourth-order valence-electron chi connectivity index (χ4n) is 2.88. The molecular weight excluding hydrogens is 327 g/mol. The number of non-ortho nitro benzene ring substituents is 1. The van der Waals surface area contributed by atoms with Gasteiger partial charge in [-0.3, -0.25) is 14.9 Å². The fraction of sp³-hybridized carbons (Fsp3) is 0.278. The number of nitro benzene ring substituents is 1. The predicted molar refractivity (Wildman–Crippen MR) is 88.8 cm³/mol. The summed E-state index contributed by atoms with van der Waals surface area (Å²) in [6.45, 7) is 2.55. The molecule has 7 heteroatoms. The Morgan fingerprint density at radius 1 is 1.32 bits per heavy atom. The van der Waals surface area contributed by atoms with Gasteiger partial charge in [-0.2, -0.15) is 0 Å². The quantitative estimate of drug-likeness (QED) is 0.633. The van der Waals surface area contributed by atoms with Crippen LogP contribution in [0.2, 0.25) is 0 Å². The zero-order chi connectivity index (χ0) is 18.0. The van der Waals surface area contributed by atoms with Crippen molar-refractivity contribution in [3.8, 4) is 0 Å². The molecule has 0 N–H and O–H groups in total. The number of hydrogen-bond donors (Lipinski definition) is 0. The summed E-state index contributed by atoms with van der Waals surface area (Å²) in [7, 11) is 0. The predicted octanol–water partition coefficient (Wildman–Crippen LogP) is 3.26. The first-order valence-corrected chi connectivity index (χ1v) is 7.87. The summed E-state index contributed by atoms with van der Waals surface area (Å²) < 4.78 is 19.6. The molecule has 0 saturated carbocycles. The molecule has 1 saturated heterocycles. The van der Waals surface area contributed by atoms with E-state index in [-0.39, 0.29) is 36.1 Å². The van der Waals surface area contributed by atoms with Crippen LogP contribution in [0.15, 0.2) is 42.5 Å². The molecule has 0 spiro atoms. The number of hydrogen-bond acceptors (Lipinski definition) is 4. The largest absolute Gasteiger partial charge is 0.370 e. The molecule has 0 unspecified atom stereocenters. The van der Waals surface area contributed by atoms with Crippen LogP contribution >= 0.6 is 0 Å². The van der Waals surface area contributed by atoms with E-state index in [1.807, 2.05) is 0 Å². The second-order valence-corrected chi connectivity index (χ2v) is 5.89. The summed E-state index contributed by atoms with van der Waals surface area (Å²) in [5.41, 5.74) is 1.21. The SMILES string of the molecule is Cc1ccc([N+](=O)[O-])cc1C(=O)N1CCO[C@@H](c2ccccc2F)C1. The summed E-state index contributed by atoms with van der Waals surface area (Å²) in [5, 5.41) is 11.0. The molecule has 0 aliphatic carbocycles. The van der Waals surface area contributed by atoms with Crippen LogP contribution in [0.1, 0.15) is 27.6 Å². The molecular formula is C18H17FN2O4. The van der Waals surface area contributed by atoms with E-state index in [0.717, 1.165) is 0 Å². The molecule has 1 heterocycles. The normalized spacial score (nSPS) is 17.4. The van der Waals surface area contributed by atoms with Gasteiger partial charge in [0.25, 0.3) is 11.6 Å². The van der Waals surface area contributed by atoms with Gasteiger partial charge in [0, 0.05) is 29.8 Å². The van der Waals surface area contributed by atoms with Gasteiger partial charge < -0.3 is 9.64 Å². The van der Waals surface area contributed by atoms with Gasteiger partial charge in [0.15, 0.2) is 0 Å². The van der Waals surface area contributed by atoms with E-state index in [2.05, 4.69) is 0 Å². The Bertz CT molecular complexity index is 824. The second kappa shape index (κ2) is 6.98. The molecule has 1 aliphatic heterocycles.